The number of aromatic nitrogens is 1. The summed E-state index contributed by atoms with van der Waals surface area (Å²) in [7, 11) is 1.33. The quantitative estimate of drug-likeness (QED) is 0.875. The van der Waals surface area contributed by atoms with Gasteiger partial charge in [0.1, 0.15) is 0 Å². The first-order valence-electron chi connectivity index (χ1n) is 5.19. The Hall–Kier alpha value is -1.59. The van der Waals surface area contributed by atoms with Crippen molar-refractivity contribution in [2.24, 2.45) is 0 Å². The number of rotatable bonds is 4. The Morgan fingerprint density at radius 1 is 1.56 bits per heavy atom. The Bertz CT molecular complexity index is 543. The molecule has 0 radical (unpaired) electrons. The summed E-state index contributed by atoms with van der Waals surface area (Å²) in [5.74, 6) is -0.447. The van der Waals surface area contributed by atoms with Crippen LogP contribution in [0.2, 0.25) is 5.02 Å². The van der Waals surface area contributed by atoms with Crippen LogP contribution < -0.4 is 5.32 Å². The Morgan fingerprint density at radius 2 is 2.39 bits per heavy atom. The van der Waals surface area contributed by atoms with Crippen LogP contribution in [0.3, 0.4) is 0 Å². The molecule has 0 unspecified atom stereocenters. The number of nitrogens with one attached hydrogen (secondary N) is 1. The molecule has 6 heteroatoms. The summed E-state index contributed by atoms with van der Waals surface area (Å²) in [5.41, 5.74) is 3.88. The lowest BCUT2D eigenvalue weighted by molar-refractivity contribution is 0.0601. The third-order valence-electron chi connectivity index (χ3n) is 2.33. The summed E-state index contributed by atoms with van der Waals surface area (Å²) >= 11 is 7.47. The highest BCUT2D eigenvalue weighted by Crippen LogP contribution is 2.21. The van der Waals surface area contributed by atoms with Crippen LogP contribution in [0.15, 0.2) is 29.1 Å². The number of thiazole rings is 1. The molecule has 1 aromatic carbocycles. The van der Waals surface area contributed by atoms with E-state index in [0.717, 1.165) is 11.4 Å². The maximum atomic E-state index is 11.5. The van der Waals surface area contributed by atoms with Gasteiger partial charge in [0.25, 0.3) is 0 Å². The van der Waals surface area contributed by atoms with Crippen molar-refractivity contribution >= 4 is 34.6 Å². The molecule has 18 heavy (non-hydrogen) atoms. The first-order chi connectivity index (χ1) is 8.70. The molecule has 2 aromatic rings. The lowest BCUT2D eigenvalue weighted by atomic mass is 10.2. The summed E-state index contributed by atoms with van der Waals surface area (Å²) in [6.07, 6.45) is 0. The molecule has 0 bridgehead atoms. The SMILES string of the molecule is COC(=O)c1cc(NCc2cscn2)ccc1Cl. The number of carbonyl (C=O) groups excluding carboxylic acids is 1. The molecule has 0 fully saturated rings. The van der Waals surface area contributed by atoms with Crippen LogP contribution in [0.5, 0.6) is 0 Å². The summed E-state index contributed by atoms with van der Waals surface area (Å²) in [4.78, 5) is 15.6. The molecular formula is C12H11ClN2O2S. The average Bonchev–Trinajstić information content (AvgIpc) is 2.90. The molecule has 1 aromatic heterocycles. The third kappa shape index (κ3) is 3.00. The second-order valence-corrected chi connectivity index (χ2v) is 4.65. The van der Waals surface area contributed by atoms with Gasteiger partial charge in [-0.2, -0.15) is 0 Å². The Kier molecular flexibility index (Phi) is 4.17. The van der Waals surface area contributed by atoms with Crippen molar-refractivity contribution in [1.29, 1.82) is 0 Å². The smallest absolute Gasteiger partial charge is 0.339 e. The molecule has 1 heterocycles. The van der Waals surface area contributed by atoms with Crippen LogP contribution in [-0.4, -0.2) is 18.1 Å². The Morgan fingerprint density at radius 3 is 3.06 bits per heavy atom. The van der Waals surface area contributed by atoms with E-state index in [4.69, 9.17) is 11.6 Å². The fourth-order valence-electron chi connectivity index (χ4n) is 1.42. The number of benzene rings is 1. The van der Waals surface area contributed by atoms with Crippen molar-refractivity contribution in [1.82, 2.24) is 4.98 Å². The molecule has 0 aliphatic rings. The Labute approximate surface area is 114 Å². The van der Waals surface area contributed by atoms with Crippen molar-refractivity contribution in [3.05, 3.63) is 45.4 Å². The molecule has 0 saturated heterocycles. The highest BCUT2D eigenvalue weighted by Gasteiger charge is 2.11. The first-order valence-corrected chi connectivity index (χ1v) is 6.51. The second kappa shape index (κ2) is 5.84. The summed E-state index contributed by atoms with van der Waals surface area (Å²) in [6, 6.07) is 5.14. The predicted octanol–water partition coefficient (Wildman–Crippen LogP) is 3.20. The minimum atomic E-state index is -0.447. The Balaban J connectivity index is 2.12. The lowest BCUT2D eigenvalue weighted by Crippen LogP contribution is -2.05. The predicted molar refractivity (Wildman–Crippen MR) is 72.2 cm³/mol. The zero-order valence-corrected chi connectivity index (χ0v) is 11.2. The minimum absolute atomic E-state index is 0.349. The van der Waals surface area contributed by atoms with Gasteiger partial charge >= 0.3 is 5.97 Å². The van der Waals surface area contributed by atoms with E-state index < -0.39 is 5.97 Å². The molecular weight excluding hydrogens is 272 g/mol. The molecule has 94 valence electrons. The molecule has 4 nitrogen and oxygen atoms in total. The number of hydrogen-bond donors (Lipinski definition) is 1. The van der Waals surface area contributed by atoms with Crippen LogP contribution in [0, 0.1) is 0 Å². The molecule has 0 amide bonds. The summed E-state index contributed by atoms with van der Waals surface area (Å²) in [5, 5.41) is 5.51. The van der Waals surface area contributed by atoms with Crippen LogP contribution in [0.1, 0.15) is 16.1 Å². The maximum absolute atomic E-state index is 11.5. The van der Waals surface area contributed by atoms with Gasteiger partial charge in [0.05, 0.1) is 35.4 Å². The fraction of sp³-hybridized carbons (Fsp3) is 0.167. The average molecular weight is 283 g/mol. The van der Waals surface area contributed by atoms with E-state index in [9.17, 15) is 4.79 Å². The van der Waals surface area contributed by atoms with E-state index in [1.165, 1.54) is 7.11 Å². The van der Waals surface area contributed by atoms with Gasteiger partial charge in [-0.15, -0.1) is 11.3 Å². The molecule has 0 aliphatic heterocycles. The van der Waals surface area contributed by atoms with E-state index in [1.807, 2.05) is 5.38 Å². The van der Waals surface area contributed by atoms with E-state index in [-0.39, 0.29) is 0 Å². The van der Waals surface area contributed by atoms with Gasteiger partial charge < -0.3 is 10.1 Å². The third-order valence-corrected chi connectivity index (χ3v) is 3.29. The largest absolute Gasteiger partial charge is 0.465 e. The number of carbonyl (C=O) groups is 1. The number of hydrogen-bond acceptors (Lipinski definition) is 5. The van der Waals surface area contributed by atoms with Gasteiger partial charge in [0, 0.05) is 11.1 Å². The second-order valence-electron chi connectivity index (χ2n) is 3.52. The number of anilines is 1. The number of methoxy groups -OCH3 is 1. The zero-order chi connectivity index (χ0) is 13.0. The lowest BCUT2D eigenvalue weighted by Gasteiger charge is -2.07. The van der Waals surface area contributed by atoms with Crippen molar-refractivity contribution in [2.45, 2.75) is 6.54 Å². The maximum Gasteiger partial charge on any atom is 0.339 e. The van der Waals surface area contributed by atoms with Crippen molar-refractivity contribution in [3.63, 3.8) is 0 Å². The van der Waals surface area contributed by atoms with Crippen molar-refractivity contribution in [2.75, 3.05) is 12.4 Å². The van der Waals surface area contributed by atoms with E-state index in [0.29, 0.717) is 17.1 Å². The molecule has 1 N–H and O–H groups in total. The minimum Gasteiger partial charge on any atom is -0.465 e. The highest BCUT2D eigenvalue weighted by atomic mass is 35.5. The van der Waals surface area contributed by atoms with Crippen LogP contribution in [-0.2, 0) is 11.3 Å². The van der Waals surface area contributed by atoms with E-state index in [2.05, 4.69) is 15.0 Å². The van der Waals surface area contributed by atoms with Gasteiger partial charge in [-0.05, 0) is 18.2 Å². The number of ether oxygens (including phenoxy) is 1. The van der Waals surface area contributed by atoms with Gasteiger partial charge in [-0.25, -0.2) is 9.78 Å². The zero-order valence-electron chi connectivity index (χ0n) is 9.64. The van der Waals surface area contributed by atoms with Crippen LogP contribution in [0.4, 0.5) is 5.69 Å². The van der Waals surface area contributed by atoms with Crippen molar-refractivity contribution in [3.8, 4) is 0 Å². The monoisotopic (exact) mass is 282 g/mol. The van der Waals surface area contributed by atoms with Crippen LogP contribution >= 0.6 is 22.9 Å². The van der Waals surface area contributed by atoms with Gasteiger partial charge in [0.15, 0.2) is 0 Å². The molecule has 0 aliphatic carbocycles. The topological polar surface area (TPSA) is 51.2 Å². The van der Waals surface area contributed by atoms with Crippen molar-refractivity contribution < 1.29 is 9.53 Å². The normalized spacial score (nSPS) is 10.1. The van der Waals surface area contributed by atoms with Crippen LogP contribution in [0.25, 0.3) is 0 Å². The van der Waals surface area contributed by atoms with Gasteiger partial charge in [-0.3, -0.25) is 0 Å². The molecule has 2 rings (SSSR count). The fourth-order valence-corrected chi connectivity index (χ4v) is 2.17. The number of nitrogens with zero attached hydrogens (tertiary/aromatic N) is 1. The van der Waals surface area contributed by atoms with Gasteiger partial charge in [-0.1, -0.05) is 11.6 Å². The van der Waals surface area contributed by atoms with E-state index >= 15 is 0 Å². The van der Waals surface area contributed by atoms with Gasteiger partial charge in [0.2, 0.25) is 0 Å². The molecule has 0 spiro atoms. The standard InChI is InChI=1S/C12H11ClN2O2S/c1-17-12(16)10-4-8(2-3-11(10)13)14-5-9-6-18-7-15-9/h2-4,6-7,14H,5H2,1H3. The molecule has 0 atom stereocenters. The molecule has 0 saturated carbocycles. The number of halogens is 1. The summed E-state index contributed by atoms with van der Waals surface area (Å²) < 4.78 is 4.66. The van der Waals surface area contributed by atoms with E-state index in [1.54, 1.807) is 35.0 Å². The summed E-state index contributed by atoms with van der Waals surface area (Å²) in [6.45, 7) is 0.603. The first kappa shape index (κ1) is 12.9. The number of esters is 1. The highest BCUT2D eigenvalue weighted by molar-refractivity contribution is 7.07.